The number of amides is 2. The molecule has 2 atom stereocenters. The van der Waals surface area contributed by atoms with Crippen molar-refractivity contribution in [2.45, 2.75) is 25.4 Å². The maximum Gasteiger partial charge on any atom is 0.317 e. The van der Waals surface area contributed by atoms with E-state index in [0.29, 0.717) is 13.0 Å². The Labute approximate surface area is 160 Å². The normalized spacial score (nSPS) is 12.9. The SMILES string of the molecule is COCC(C)N(C)C(=O)NC(Cc1ccc(F)cc1)c1ccc(OC)cc1. The van der Waals surface area contributed by atoms with Gasteiger partial charge in [-0.15, -0.1) is 0 Å². The fraction of sp³-hybridized carbons (Fsp3) is 0.381. The van der Waals surface area contributed by atoms with Gasteiger partial charge in [0.2, 0.25) is 0 Å². The van der Waals surface area contributed by atoms with Gasteiger partial charge in [0, 0.05) is 14.2 Å². The summed E-state index contributed by atoms with van der Waals surface area (Å²) >= 11 is 0. The number of nitrogens with zero attached hydrogens (tertiary/aromatic N) is 1. The molecule has 27 heavy (non-hydrogen) atoms. The molecular weight excluding hydrogens is 347 g/mol. The van der Waals surface area contributed by atoms with Gasteiger partial charge in [0.1, 0.15) is 11.6 Å². The van der Waals surface area contributed by atoms with E-state index in [0.717, 1.165) is 16.9 Å². The van der Waals surface area contributed by atoms with Gasteiger partial charge in [0.25, 0.3) is 0 Å². The lowest BCUT2D eigenvalue weighted by Gasteiger charge is -2.28. The zero-order chi connectivity index (χ0) is 19.8. The molecule has 0 saturated heterocycles. The molecule has 0 heterocycles. The molecule has 0 saturated carbocycles. The van der Waals surface area contributed by atoms with Crippen LogP contribution < -0.4 is 10.1 Å². The first-order valence-corrected chi connectivity index (χ1v) is 8.85. The number of benzene rings is 2. The largest absolute Gasteiger partial charge is 0.497 e. The van der Waals surface area contributed by atoms with E-state index in [4.69, 9.17) is 9.47 Å². The minimum Gasteiger partial charge on any atom is -0.497 e. The van der Waals surface area contributed by atoms with Crippen LogP contribution in [0.3, 0.4) is 0 Å². The molecule has 0 radical (unpaired) electrons. The predicted molar refractivity (Wildman–Crippen MR) is 103 cm³/mol. The van der Waals surface area contributed by atoms with Crippen LogP contribution in [0, 0.1) is 5.82 Å². The maximum absolute atomic E-state index is 13.2. The molecule has 0 spiro atoms. The van der Waals surface area contributed by atoms with Crippen molar-refractivity contribution >= 4 is 6.03 Å². The Morgan fingerprint density at radius 3 is 2.30 bits per heavy atom. The molecule has 6 heteroatoms. The molecule has 0 aromatic heterocycles. The molecule has 2 unspecified atom stereocenters. The van der Waals surface area contributed by atoms with Gasteiger partial charge in [-0.25, -0.2) is 9.18 Å². The lowest BCUT2D eigenvalue weighted by molar-refractivity contribution is 0.122. The van der Waals surface area contributed by atoms with Crippen molar-refractivity contribution in [3.05, 3.63) is 65.5 Å². The number of halogens is 1. The summed E-state index contributed by atoms with van der Waals surface area (Å²) in [6.45, 7) is 2.38. The van der Waals surface area contributed by atoms with E-state index in [1.54, 1.807) is 38.3 Å². The number of rotatable bonds is 8. The fourth-order valence-corrected chi connectivity index (χ4v) is 2.75. The molecular formula is C21H27FN2O3. The third-order valence-corrected chi connectivity index (χ3v) is 4.56. The van der Waals surface area contributed by atoms with E-state index in [1.807, 2.05) is 31.2 Å². The van der Waals surface area contributed by atoms with Gasteiger partial charge in [-0.1, -0.05) is 24.3 Å². The Hall–Kier alpha value is -2.60. The van der Waals surface area contributed by atoms with E-state index < -0.39 is 0 Å². The summed E-state index contributed by atoms with van der Waals surface area (Å²) in [5.74, 6) is 0.466. The van der Waals surface area contributed by atoms with Gasteiger partial charge >= 0.3 is 6.03 Å². The topological polar surface area (TPSA) is 50.8 Å². The number of carbonyl (C=O) groups excluding carboxylic acids is 1. The molecule has 5 nitrogen and oxygen atoms in total. The summed E-state index contributed by atoms with van der Waals surface area (Å²) in [4.78, 5) is 14.3. The Morgan fingerprint density at radius 1 is 1.11 bits per heavy atom. The minimum absolute atomic E-state index is 0.0580. The Bertz CT molecular complexity index is 719. The average molecular weight is 374 g/mol. The van der Waals surface area contributed by atoms with Crippen LogP contribution in [0.15, 0.2) is 48.5 Å². The first-order valence-electron chi connectivity index (χ1n) is 8.85. The second kappa shape index (κ2) is 9.92. The lowest BCUT2D eigenvalue weighted by Crippen LogP contribution is -2.45. The van der Waals surface area contributed by atoms with Gasteiger partial charge in [0.15, 0.2) is 0 Å². The molecule has 2 rings (SSSR count). The van der Waals surface area contributed by atoms with Crippen LogP contribution in [0.1, 0.15) is 24.1 Å². The van der Waals surface area contributed by atoms with Crippen molar-refractivity contribution in [3.8, 4) is 5.75 Å². The molecule has 2 aromatic carbocycles. The van der Waals surface area contributed by atoms with Crippen molar-refractivity contribution in [1.29, 1.82) is 0 Å². The Kier molecular flexibility index (Phi) is 7.61. The van der Waals surface area contributed by atoms with Crippen LogP contribution in [0.4, 0.5) is 9.18 Å². The minimum atomic E-state index is -0.281. The van der Waals surface area contributed by atoms with E-state index in [2.05, 4.69) is 5.32 Å². The van der Waals surface area contributed by atoms with Gasteiger partial charge in [-0.2, -0.15) is 0 Å². The van der Waals surface area contributed by atoms with Gasteiger partial charge in [-0.05, 0) is 48.7 Å². The van der Waals surface area contributed by atoms with E-state index in [9.17, 15) is 9.18 Å². The van der Waals surface area contributed by atoms with Crippen molar-refractivity contribution in [2.75, 3.05) is 27.9 Å². The number of nitrogens with one attached hydrogen (secondary N) is 1. The highest BCUT2D eigenvalue weighted by Gasteiger charge is 2.21. The molecule has 2 amide bonds. The van der Waals surface area contributed by atoms with Crippen LogP contribution in [0.5, 0.6) is 5.75 Å². The van der Waals surface area contributed by atoms with Crippen LogP contribution in [-0.4, -0.2) is 44.8 Å². The van der Waals surface area contributed by atoms with Crippen molar-refractivity contribution in [2.24, 2.45) is 0 Å². The van der Waals surface area contributed by atoms with E-state index in [-0.39, 0.29) is 23.9 Å². The molecule has 1 N–H and O–H groups in total. The highest BCUT2D eigenvalue weighted by molar-refractivity contribution is 5.74. The van der Waals surface area contributed by atoms with Gasteiger partial charge < -0.3 is 19.7 Å². The van der Waals surface area contributed by atoms with E-state index >= 15 is 0 Å². The summed E-state index contributed by atoms with van der Waals surface area (Å²) < 4.78 is 23.5. The maximum atomic E-state index is 13.2. The van der Waals surface area contributed by atoms with E-state index in [1.165, 1.54) is 12.1 Å². The number of hydrogen-bond acceptors (Lipinski definition) is 3. The number of carbonyl (C=O) groups is 1. The Balaban J connectivity index is 2.19. The van der Waals surface area contributed by atoms with Gasteiger partial charge in [-0.3, -0.25) is 0 Å². The molecule has 2 aromatic rings. The molecule has 0 bridgehead atoms. The number of ether oxygens (including phenoxy) is 2. The molecule has 146 valence electrons. The fourth-order valence-electron chi connectivity index (χ4n) is 2.75. The smallest absolute Gasteiger partial charge is 0.317 e. The number of methoxy groups -OCH3 is 2. The van der Waals surface area contributed by atoms with Crippen LogP contribution in [-0.2, 0) is 11.2 Å². The second-order valence-corrected chi connectivity index (χ2v) is 6.52. The highest BCUT2D eigenvalue weighted by Crippen LogP contribution is 2.22. The molecule has 0 aliphatic heterocycles. The van der Waals surface area contributed by atoms with Crippen LogP contribution >= 0.6 is 0 Å². The van der Waals surface area contributed by atoms with Crippen molar-refractivity contribution in [3.63, 3.8) is 0 Å². The highest BCUT2D eigenvalue weighted by atomic mass is 19.1. The molecule has 0 aliphatic rings. The summed E-state index contributed by atoms with van der Waals surface area (Å²) in [6, 6.07) is 13.4. The van der Waals surface area contributed by atoms with Crippen molar-refractivity contribution in [1.82, 2.24) is 10.2 Å². The number of urea groups is 1. The van der Waals surface area contributed by atoms with Crippen LogP contribution in [0.25, 0.3) is 0 Å². The first-order chi connectivity index (χ1) is 12.9. The zero-order valence-corrected chi connectivity index (χ0v) is 16.2. The number of hydrogen-bond donors (Lipinski definition) is 1. The molecule has 0 aliphatic carbocycles. The third-order valence-electron chi connectivity index (χ3n) is 4.56. The quantitative estimate of drug-likeness (QED) is 0.765. The van der Waals surface area contributed by atoms with Crippen LogP contribution in [0.2, 0.25) is 0 Å². The predicted octanol–water partition coefficient (Wildman–Crippen LogP) is 3.79. The summed E-state index contributed by atoms with van der Waals surface area (Å²) in [5.41, 5.74) is 1.88. The average Bonchev–Trinajstić information content (AvgIpc) is 2.68. The van der Waals surface area contributed by atoms with Crippen molar-refractivity contribution < 1.29 is 18.7 Å². The summed E-state index contributed by atoms with van der Waals surface area (Å²) in [5, 5.41) is 3.07. The standard InChI is InChI=1S/C21H27FN2O3/c1-15(14-26-3)24(2)21(25)23-20(13-16-5-9-18(22)10-6-16)17-7-11-19(27-4)12-8-17/h5-12,15,20H,13-14H2,1-4H3,(H,23,25). The molecule has 0 fully saturated rings. The second-order valence-electron chi connectivity index (χ2n) is 6.52. The monoisotopic (exact) mass is 374 g/mol. The summed E-state index contributed by atoms with van der Waals surface area (Å²) in [7, 11) is 4.96. The Morgan fingerprint density at radius 2 is 1.74 bits per heavy atom. The zero-order valence-electron chi connectivity index (χ0n) is 16.2. The third kappa shape index (κ3) is 5.96. The first kappa shape index (κ1) is 20.7. The van der Waals surface area contributed by atoms with Gasteiger partial charge in [0.05, 0.1) is 25.8 Å². The summed E-state index contributed by atoms with van der Waals surface area (Å²) in [6.07, 6.45) is 0.546. The lowest BCUT2D eigenvalue weighted by atomic mass is 9.98. The number of likely N-dealkylation sites (N-methyl/N-ethyl adjacent to an activating group) is 1.